The summed E-state index contributed by atoms with van der Waals surface area (Å²) in [6.07, 6.45) is 0. The first-order chi connectivity index (χ1) is 13.5. The lowest BCUT2D eigenvalue weighted by Crippen LogP contribution is -2.51. The van der Waals surface area contributed by atoms with E-state index in [0.717, 1.165) is 39.4 Å². The van der Waals surface area contributed by atoms with Gasteiger partial charge in [0.05, 0.1) is 45.7 Å². The summed E-state index contributed by atoms with van der Waals surface area (Å²) in [7, 11) is -0.830. The molecule has 1 saturated heterocycles. The Labute approximate surface area is 165 Å². The van der Waals surface area contributed by atoms with Crippen LogP contribution in [0.5, 0.6) is 11.5 Å². The van der Waals surface area contributed by atoms with Crippen LogP contribution in [0.15, 0.2) is 28.1 Å². The average Bonchev–Trinajstić information content (AvgIpc) is 2.73. The molecule has 0 saturated carbocycles. The highest BCUT2D eigenvalue weighted by Gasteiger charge is 2.21. The van der Waals surface area contributed by atoms with Crippen LogP contribution in [-0.2, 0) is 14.8 Å². The van der Waals surface area contributed by atoms with Gasteiger partial charge in [-0.25, -0.2) is 18.1 Å². The molecule has 0 amide bonds. The van der Waals surface area contributed by atoms with E-state index in [4.69, 9.17) is 14.2 Å². The lowest BCUT2D eigenvalue weighted by Gasteiger charge is -2.31. The van der Waals surface area contributed by atoms with Gasteiger partial charge < -0.3 is 19.5 Å². The van der Waals surface area contributed by atoms with Crippen molar-refractivity contribution in [2.75, 3.05) is 66.9 Å². The molecule has 28 heavy (non-hydrogen) atoms. The highest BCUT2D eigenvalue weighted by atomic mass is 32.2. The summed E-state index contributed by atoms with van der Waals surface area (Å²) in [4.78, 5) is 8.84. The molecule has 2 aliphatic heterocycles. The predicted molar refractivity (Wildman–Crippen MR) is 104 cm³/mol. The topological polar surface area (TPSA) is 105 Å². The van der Waals surface area contributed by atoms with E-state index in [-0.39, 0.29) is 10.9 Å². The molecule has 3 rings (SSSR count). The van der Waals surface area contributed by atoms with Crippen molar-refractivity contribution < 1.29 is 22.6 Å². The molecule has 0 aromatic heterocycles. The Hall–Kier alpha value is -2.08. The maximum absolute atomic E-state index is 12.6. The predicted octanol–water partition coefficient (Wildman–Crippen LogP) is -0.509. The number of nitrogens with one attached hydrogen (secondary N) is 2. The van der Waals surface area contributed by atoms with E-state index in [9.17, 15) is 8.42 Å². The Bertz CT molecular complexity index is 795. The van der Waals surface area contributed by atoms with Gasteiger partial charge in [-0.1, -0.05) is 0 Å². The second kappa shape index (κ2) is 9.41. The van der Waals surface area contributed by atoms with Gasteiger partial charge in [-0.05, 0) is 12.1 Å². The number of ether oxygens (including phenoxy) is 3. The highest BCUT2D eigenvalue weighted by molar-refractivity contribution is 7.90. The fourth-order valence-electron chi connectivity index (χ4n) is 2.96. The van der Waals surface area contributed by atoms with Crippen LogP contribution >= 0.6 is 0 Å². The van der Waals surface area contributed by atoms with Crippen LogP contribution in [0.4, 0.5) is 0 Å². The van der Waals surface area contributed by atoms with E-state index in [1.165, 1.54) is 26.4 Å². The molecule has 1 aromatic rings. The van der Waals surface area contributed by atoms with Crippen molar-refractivity contribution in [1.82, 2.24) is 19.8 Å². The fourth-order valence-corrected chi connectivity index (χ4v) is 3.98. The molecule has 156 valence electrons. The summed E-state index contributed by atoms with van der Waals surface area (Å²) < 4.78 is 43.4. The molecule has 0 radical (unpaired) electrons. The van der Waals surface area contributed by atoms with Crippen molar-refractivity contribution in [3.05, 3.63) is 18.2 Å². The Morgan fingerprint density at radius 3 is 2.50 bits per heavy atom. The molecule has 1 aromatic carbocycles. The average molecular weight is 414 g/mol. The van der Waals surface area contributed by atoms with Crippen molar-refractivity contribution in [2.45, 2.75) is 4.90 Å². The molecule has 2 N–H and O–H groups in total. The van der Waals surface area contributed by atoms with Gasteiger partial charge in [0.2, 0.25) is 5.96 Å². The van der Waals surface area contributed by atoms with Crippen LogP contribution in [0.3, 0.4) is 0 Å². The molecule has 2 heterocycles. The second-order valence-electron chi connectivity index (χ2n) is 6.45. The summed E-state index contributed by atoms with van der Waals surface area (Å²) in [5.41, 5.74) is 0. The molecule has 0 atom stereocenters. The zero-order chi connectivity index (χ0) is 20.0. The van der Waals surface area contributed by atoms with Crippen molar-refractivity contribution in [2.24, 2.45) is 4.99 Å². The number of sulfonamides is 1. The normalized spacial score (nSPS) is 18.9. The minimum atomic E-state index is -3.78. The molecule has 2 aliphatic rings. The van der Waals surface area contributed by atoms with Gasteiger partial charge in [0.25, 0.3) is 10.0 Å². The highest BCUT2D eigenvalue weighted by Crippen LogP contribution is 2.29. The van der Waals surface area contributed by atoms with Gasteiger partial charge in [-0.15, -0.1) is 0 Å². The van der Waals surface area contributed by atoms with E-state index in [2.05, 4.69) is 24.8 Å². The standard InChI is InChI=1S/C17H27N5O5S/c1-25-15-4-3-14(11-16(15)26-2)28(23,24)20-17-18-12-22(13-19-17)6-5-21-7-9-27-10-8-21/h3-4,11H,5-10,12-13H2,1-2H3,(H2,18,19,20). The van der Waals surface area contributed by atoms with Crippen molar-refractivity contribution >= 4 is 16.0 Å². The van der Waals surface area contributed by atoms with Crippen molar-refractivity contribution in [3.8, 4) is 11.5 Å². The smallest absolute Gasteiger partial charge is 0.264 e. The summed E-state index contributed by atoms with van der Waals surface area (Å²) >= 11 is 0. The number of rotatable bonds is 7. The zero-order valence-electron chi connectivity index (χ0n) is 16.2. The summed E-state index contributed by atoms with van der Waals surface area (Å²) in [6, 6.07) is 4.43. The number of methoxy groups -OCH3 is 2. The number of aliphatic imine (C=N–C) groups is 1. The van der Waals surface area contributed by atoms with Crippen LogP contribution < -0.4 is 19.5 Å². The van der Waals surface area contributed by atoms with E-state index < -0.39 is 10.0 Å². The number of morpholine rings is 1. The summed E-state index contributed by atoms with van der Waals surface area (Å²) in [6.45, 7) is 6.19. The fraction of sp³-hybridized carbons (Fsp3) is 0.588. The molecule has 0 aliphatic carbocycles. The quantitative estimate of drug-likeness (QED) is 0.616. The Kier molecular flexibility index (Phi) is 6.94. The van der Waals surface area contributed by atoms with Crippen LogP contribution in [0.2, 0.25) is 0 Å². The molecule has 1 fully saturated rings. The van der Waals surface area contributed by atoms with E-state index in [0.29, 0.717) is 24.8 Å². The molecule has 10 nitrogen and oxygen atoms in total. The maximum atomic E-state index is 12.6. The minimum absolute atomic E-state index is 0.0735. The number of hydrogen-bond donors (Lipinski definition) is 2. The molecular weight excluding hydrogens is 386 g/mol. The third-order valence-electron chi connectivity index (χ3n) is 4.63. The zero-order valence-corrected chi connectivity index (χ0v) is 17.0. The first-order valence-electron chi connectivity index (χ1n) is 9.07. The molecule has 0 unspecified atom stereocenters. The van der Waals surface area contributed by atoms with Crippen LogP contribution in [0.1, 0.15) is 0 Å². The third-order valence-corrected chi connectivity index (χ3v) is 5.97. The second-order valence-corrected chi connectivity index (χ2v) is 8.14. The largest absolute Gasteiger partial charge is 0.493 e. The number of benzene rings is 1. The minimum Gasteiger partial charge on any atom is -0.493 e. The number of guanidine groups is 1. The SMILES string of the molecule is COc1ccc(S(=O)(=O)NC2=NCN(CCN3CCOCC3)CN2)cc1OC. The lowest BCUT2D eigenvalue weighted by atomic mass is 10.3. The first kappa shape index (κ1) is 20.6. The summed E-state index contributed by atoms with van der Waals surface area (Å²) in [5, 5.41) is 3.02. The van der Waals surface area contributed by atoms with E-state index in [1.807, 2.05) is 0 Å². The molecule has 0 bridgehead atoms. The van der Waals surface area contributed by atoms with Gasteiger partial charge >= 0.3 is 0 Å². The van der Waals surface area contributed by atoms with Gasteiger partial charge in [-0.2, -0.15) is 0 Å². The van der Waals surface area contributed by atoms with Gasteiger partial charge in [-0.3, -0.25) is 9.80 Å². The third kappa shape index (κ3) is 5.25. The Morgan fingerprint density at radius 1 is 1.14 bits per heavy atom. The summed E-state index contributed by atoms with van der Waals surface area (Å²) in [5.74, 6) is 1.04. The maximum Gasteiger partial charge on any atom is 0.264 e. The van der Waals surface area contributed by atoms with Crippen molar-refractivity contribution in [1.29, 1.82) is 0 Å². The van der Waals surface area contributed by atoms with Crippen LogP contribution in [0, 0.1) is 0 Å². The van der Waals surface area contributed by atoms with Crippen molar-refractivity contribution in [3.63, 3.8) is 0 Å². The van der Waals surface area contributed by atoms with Crippen LogP contribution in [-0.4, -0.2) is 91.1 Å². The van der Waals surface area contributed by atoms with Gasteiger partial charge in [0.15, 0.2) is 11.5 Å². The Balaban J connectivity index is 1.55. The molecular formula is C17H27N5O5S. The van der Waals surface area contributed by atoms with E-state index in [1.54, 1.807) is 6.07 Å². The number of nitrogens with zero attached hydrogens (tertiary/aromatic N) is 3. The molecule has 11 heteroatoms. The Morgan fingerprint density at radius 2 is 1.86 bits per heavy atom. The monoisotopic (exact) mass is 413 g/mol. The first-order valence-corrected chi connectivity index (χ1v) is 10.6. The van der Waals surface area contributed by atoms with E-state index >= 15 is 0 Å². The lowest BCUT2D eigenvalue weighted by molar-refractivity contribution is 0.0331. The van der Waals surface area contributed by atoms with Gasteiger partial charge in [0.1, 0.15) is 0 Å². The molecule has 0 spiro atoms. The number of hydrogen-bond acceptors (Lipinski definition) is 9. The van der Waals surface area contributed by atoms with Crippen LogP contribution in [0.25, 0.3) is 0 Å². The van der Waals surface area contributed by atoms with Gasteiger partial charge in [0, 0.05) is 32.2 Å².